The van der Waals surface area contributed by atoms with Crippen LogP contribution in [0, 0.1) is 5.41 Å². The van der Waals surface area contributed by atoms with Crippen molar-refractivity contribution in [1.29, 1.82) is 5.41 Å². The molecule has 0 radical (unpaired) electrons. The standard InChI is InChI=1S/C22H48N3O5PSi.Na.H/c1-3-4-5-6-7-8-9-10-11-12-13-14-15-16-17-18-19-28-31(27,30-32)29-21(26)20-25(2)22(23)24;;/h3-20H2,1-2,32H3,(H3,23,24);;. The van der Waals surface area contributed by atoms with Gasteiger partial charge in [-0.25, -0.2) is 9.36 Å². The molecule has 0 aliphatic heterocycles. The molecule has 0 spiro atoms. The number of nitrogens with one attached hydrogen (secondary N) is 1. The first kappa shape index (κ1) is 35.3. The first-order valence-corrected chi connectivity index (χ1v) is 14.7. The van der Waals surface area contributed by atoms with Crippen LogP contribution in [0.1, 0.15) is 110 Å². The fourth-order valence-corrected chi connectivity index (χ4v) is 4.81. The molecule has 0 saturated carbocycles. The van der Waals surface area contributed by atoms with Crippen LogP contribution in [0.5, 0.6) is 0 Å². The van der Waals surface area contributed by atoms with Crippen molar-refractivity contribution in [1.82, 2.24) is 4.90 Å². The zero-order valence-corrected chi connectivity index (χ0v) is 23.6. The molecule has 3 N–H and O–H groups in total. The van der Waals surface area contributed by atoms with E-state index < -0.39 is 13.8 Å². The van der Waals surface area contributed by atoms with Gasteiger partial charge in [0.25, 0.3) is 0 Å². The molecule has 0 rings (SSSR count). The summed E-state index contributed by atoms with van der Waals surface area (Å²) in [4.78, 5) is 13.0. The predicted octanol–water partition coefficient (Wildman–Crippen LogP) is 4.39. The number of phosphoric acid groups is 1. The molecule has 8 nitrogen and oxygen atoms in total. The van der Waals surface area contributed by atoms with Gasteiger partial charge in [0.15, 0.2) is 16.4 Å². The van der Waals surface area contributed by atoms with Crippen molar-refractivity contribution in [2.24, 2.45) is 5.73 Å². The van der Waals surface area contributed by atoms with E-state index in [0.29, 0.717) is 0 Å². The van der Waals surface area contributed by atoms with Gasteiger partial charge in [0.1, 0.15) is 6.54 Å². The summed E-state index contributed by atoms with van der Waals surface area (Å²) < 4.78 is 27.3. The van der Waals surface area contributed by atoms with Crippen LogP contribution in [0.4, 0.5) is 0 Å². The van der Waals surface area contributed by atoms with Crippen LogP contribution in [0.15, 0.2) is 0 Å². The van der Waals surface area contributed by atoms with Crippen LogP contribution in [0.3, 0.4) is 0 Å². The molecule has 1 atom stereocenters. The minimum atomic E-state index is -3.86. The Morgan fingerprint density at radius 1 is 0.879 bits per heavy atom. The first-order chi connectivity index (χ1) is 15.3. The van der Waals surface area contributed by atoms with Gasteiger partial charge in [0.2, 0.25) is 0 Å². The quantitative estimate of drug-likeness (QED) is 0.0719. The van der Waals surface area contributed by atoms with Gasteiger partial charge in [0, 0.05) is 7.05 Å². The second-order valence-electron chi connectivity index (χ2n) is 8.47. The Balaban J connectivity index is 0. The molecular formula is C22H49N3NaO5PSi. The molecule has 0 fully saturated rings. The molecular weight excluding hydrogens is 468 g/mol. The third kappa shape index (κ3) is 22.3. The summed E-state index contributed by atoms with van der Waals surface area (Å²) in [6.07, 6.45) is 20.4. The second kappa shape index (κ2) is 23.8. The van der Waals surface area contributed by atoms with E-state index in [1.54, 1.807) is 0 Å². The number of hydrogen-bond donors (Lipinski definition) is 2. The number of nitrogens with two attached hydrogens (primary N) is 1. The number of guanidine groups is 1. The summed E-state index contributed by atoms with van der Waals surface area (Å²) in [7, 11) is -2.27. The number of unbranched alkanes of at least 4 members (excludes halogenated alkanes) is 15. The number of likely N-dealkylation sites (N-methyl/N-ethyl adjacent to an activating group) is 1. The molecule has 1 unspecified atom stereocenters. The fourth-order valence-electron chi connectivity index (χ4n) is 3.38. The van der Waals surface area contributed by atoms with E-state index in [9.17, 15) is 9.36 Å². The Bertz CT molecular complexity index is 546. The van der Waals surface area contributed by atoms with Crippen molar-refractivity contribution >= 4 is 59.8 Å². The maximum absolute atomic E-state index is 12.3. The summed E-state index contributed by atoms with van der Waals surface area (Å²) in [5.74, 6) is -1.08. The van der Waals surface area contributed by atoms with Gasteiger partial charge < -0.3 is 19.4 Å². The number of nitrogens with zero attached hydrogens (tertiary/aromatic N) is 1. The van der Waals surface area contributed by atoms with Crippen molar-refractivity contribution in [3.63, 3.8) is 0 Å². The monoisotopic (exact) mass is 517 g/mol. The van der Waals surface area contributed by atoms with Gasteiger partial charge in [-0.3, -0.25) is 9.93 Å². The molecule has 0 amide bonds. The Kier molecular flexibility index (Phi) is 25.5. The third-order valence-corrected chi connectivity index (χ3v) is 8.18. The summed E-state index contributed by atoms with van der Waals surface area (Å²) in [5.41, 5.74) is 5.26. The fraction of sp³-hybridized carbons (Fsp3) is 0.909. The molecule has 0 saturated heterocycles. The number of carbonyl (C=O) groups excluding carboxylic acids is 1. The summed E-state index contributed by atoms with van der Waals surface area (Å²) in [6.45, 7) is 2.21. The molecule has 0 aromatic carbocycles. The SMILES string of the molecule is CCCCCCCCCCCCCCCCCCOP(=O)(O[SiH3])OC(=O)CN(C)C(=N)N.[NaH]. The molecule has 192 valence electrons. The van der Waals surface area contributed by atoms with Gasteiger partial charge in [-0.1, -0.05) is 103 Å². The zero-order chi connectivity index (χ0) is 24.1. The van der Waals surface area contributed by atoms with E-state index in [1.807, 2.05) is 0 Å². The Hall–Kier alpha value is 0.107. The van der Waals surface area contributed by atoms with Gasteiger partial charge in [-0.15, -0.1) is 0 Å². The molecule has 0 heterocycles. The van der Waals surface area contributed by atoms with E-state index in [-0.39, 0.29) is 59.2 Å². The minimum absolute atomic E-state index is 0. The van der Waals surface area contributed by atoms with E-state index >= 15 is 0 Å². The number of phosphoric ester groups is 1. The summed E-state index contributed by atoms with van der Waals surface area (Å²) in [6, 6.07) is 0. The molecule has 0 aliphatic carbocycles. The second-order valence-corrected chi connectivity index (χ2v) is 11.3. The van der Waals surface area contributed by atoms with E-state index in [1.165, 1.54) is 95.4 Å². The van der Waals surface area contributed by atoms with Crippen molar-refractivity contribution in [3.05, 3.63) is 0 Å². The van der Waals surface area contributed by atoms with Crippen LogP contribution in [-0.2, 0) is 22.6 Å². The van der Waals surface area contributed by atoms with Gasteiger partial charge in [0.05, 0.1) is 6.61 Å². The predicted molar refractivity (Wildman–Crippen MR) is 142 cm³/mol. The Labute approximate surface area is 227 Å². The molecule has 0 bridgehead atoms. The van der Waals surface area contributed by atoms with E-state index in [4.69, 9.17) is 24.4 Å². The molecule has 0 aliphatic rings. The van der Waals surface area contributed by atoms with Crippen molar-refractivity contribution in [2.75, 3.05) is 20.2 Å². The normalized spacial score (nSPS) is 12.7. The van der Waals surface area contributed by atoms with Crippen LogP contribution < -0.4 is 5.73 Å². The summed E-state index contributed by atoms with van der Waals surface area (Å²) >= 11 is 0. The first-order valence-electron chi connectivity index (χ1n) is 12.4. The van der Waals surface area contributed by atoms with E-state index in [0.717, 1.165) is 19.3 Å². The molecule has 0 aromatic rings. The number of hydrogen-bond acceptors (Lipinski definition) is 6. The Morgan fingerprint density at radius 3 is 1.64 bits per heavy atom. The third-order valence-electron chi connectivity index (χ3n) is 5.46. The zero-order valence-electron chi connectivity index (χ0n) is 20.7. The van der Waals surface area contributed by atoms with Crippen molar-refractivity contribution in [2.45, 2.75) is 110 Å². The topological polar surface area (TPSA) is 115 Å². The molecule has 0 aromatic heterocycles. The van der Waals surface area contributed by atoms with Crippen LogP contribution in [0.25, 0.3) is 0 Å². The van der Waals surface area contributed by atoms with Gasteiger partial charge >= 0.3 is 43.3 Å². The molecule has 11 heteroatoms. The van der Waals surface area contributed by atoms with Crippen LogP contribution in [-0.4, -0.2) is 77.1 Å². The van der Waals surface area contributed by atoms with Crippen molar-refractivity contribution in [3.8, 4) is 0 Å². The average Bonchev–Trinajstić information content (AvgIpc) is 2.75. The number of carbonyl (C=O) groups is 1. The maximum atomic E-state index is 12.3. The van der Waals surface area contributed by atoms with Gasteiger partial charge in [-0.2, -0.15) is 0 Å². The van der Waals surface area contributed by atoms with Gasteiger partial charge in [-0.05, 0) is 6.42 Å². The molecule has 33 heavy (non-hydrogen) atoms. The van der Waals surface area contributed by atoms with Crippen LogP contribution >= 0.6 is 7.82 Å². The van der Waals surface area contributed by atoms with E-state index in [2.05, 4.69) is 6.92 Å². The summed E-state index contributed by atoms with van der Waals surface area (Å²) in [5, 5.41) is 7.23. The van der Waals surface area contributed by atoms with Crippen LogP contribution in [0.2, 0.25) is 0 Å². The average molecular weight is 518 g/mol. The number of rotatable bonds is 22. The van der Waals surface area contributed by atoms with Crippen molar-refractivity contribution < 1.29 is 22.6 Å². The Morgan fingerprint density at radius 2 is 1.27 bits per heavy atom.